The van der Waals surface area contributed by atoms with E-state index in [1.807, 2.05) is 0 Å². The minimum absolute atomic E-state index is 0.0375. The topological polar surface area (TPSA) is 93.7 Å². The number of rotatable bonds is 9. The first-order valence-electron chi connectivity index (χ1n) is 10.2. The van der Waals surface area contributed by atoms with Crippen molar-refractivity contribution in [2.24, 2.45) is 0 Å². The summed E-state index contributed by atoms with van der Waals surface area (Å²) in [6.45, 7) is -0.466. The minimum atomic E-state index is -0.600. The van der Waals surface area contributed by atoms with Gasteiger partial charge in [0.1, 0.15) is 11.6 Å². The molecular weight excluding hydrogens is 427 g/mol. The highest BCUT2D eigenvalue weighted by molar-refractivity contribution is 6.05. The lowest BCUT2D eigenvalue weighted by Crippen LogP contribution is -2.21. The smallest absolute Gasteiger partial charge is 0.306 e. The summed E-state index contributed by atoms with van der Waals surface area (Å²) in [6.07, 6.45) is 0.149. The highest BCUT2D eigenvalue weighted by atomic mass is 19.1. The number of aryl methyl sites for hydroxylation is 1. The van der Waals surface area contributed by atoms with Crippen LogP contribution in [0.3, 0.4) is 0 Å². The van der Waals surface area contributed by atoms with Gasteiger partial charge in [0.15, 0.2) is 6.61 Å². The molecular formula is C25H23FN2O5. The Labute approximate surface area is 190 Å². The molecule has 0 aliphatic carbocycles. The van der Waals surface area contributed by atoms with Crippen LogP contribution >= 0.6 is 0 Å². The molecule has 0 aliphatic heterocycles. The Morgan fingerprint density at radius 2 is 1.58 bits per heavy atom. The Kier molecular flexibility index (Phi) is 8.13. The number of nitrogens with one attached hydrogen (secondary N) is 2. The first kappa shape index (κ1) is 23.5. The van der Waals surface area contributed by atoms with Crippen LogP contribution in [0, 0.1) is 5.82 Å². The predicted molar refractivity (Wildman–Crippen MR) is 122 cm³/mol. The molecule has 170 valence electrons. The van der Waals surface area contributed by atoms with E-state index in [1.165, 1.54) is 13.2 Å². The van der Waals surface area contributed by atoms with Crippen LogP contribution < -0.4 is 15.4 Å². The second-order valence-electron chi connectivity index (χ2n) is 7.03. The van der Waals surface area contributed by atoms with Gasteiger partial charge in [-0.05, 0) is 54.4 Å². The Bertz CT molecular complexity index is 1130. The molecule has 0 atom stereocenters. The molecule has 0 heterocycles. The minimum Gasteiger partial charge on any atom is -0.495 e. The van der Waals surface area contributed by atoms with E-state index in [0.717, 1.165) is 0 Å². The number of ether oxygens (including phenoxy) is 2. The number of para-hydroxylation sites is 2. The van der Waals surface area contributed by atoms with Gasteiger partial charge in [-0.1, -0.05) is 30.3 Å². The number of carbonyl (C=O) groups is 3. The summed E-state index contributed by atoms with van der Waals surface area (Å²) < 4.78 is 23.7. The van der Waals surface area contributed by atoms with E-state index in [1.54, 1.807) is 66.7 Å². The molecule has 33 heavy (non-hydrogen) atoms. The van der Waals surface area contributed by atoms with Crippen LogP contribution in [-0.4, -0.2) is 31.5 Å². The van der Waals surface area contributed by atoms with Crippen LogP contribution in [0.4, 0.5) is 15.8 Å². The second-order valence-corrected chi connectivity index (χ2v) is 7.03. The van der Waals surface area contributed by atoms with Crippen molar-refractivity contribution in [3.05, 3.63) is 89.7 Å². The number of carbonyl (C=O) groups excluding carboxylic acids is 3. The second kappa shape index (κ2) is 11.4. The first-order chi connectivity index (χ1) is 16.0. The number of methoxy groups -OCH3 is 1. The van der Waals surface area contributed by atoms with Crippen LogP contribution in [0.2, 0.25) is 0 Å². The molecule has 0 saturated carbocycles. The van der Waals surface area contributed by atoms with Crippen LogP contribution in [0.15, 0.2) is 72.8 Å². The summed E-state index contributed by atoms with van der Waals surface area (Å²) in [5, 5.41) is 5.35. The Morgan fingerprint density at radius 1 is 0.879 bits per heavy atom. The monoisotopic (exact) mass is 450 g/mol. The largest absolute Gasteiger partial charge is 0.495 e. The molecule has 3 rings (SSSR count). The Balaban J connectivity index is 1.45. The van der Waals surface area contributed by atoms with Crippen molar-refractivity contribution in [1.82, 2.24) is 0 Å². The zero-order valence-corrected chi connectivity index (χ0v) is 18.0. The maximum Gasteiger partial charge on any atom is 0.306 e. The molecule has 0 bridgehead atoms. The molecule has 8 heteroatoms. The predicted octanol–water partition coefficient (Wildman–Crippen LogP) is 4.20. The lowest BCUT2D eigenvalue weighted by molar-refractivity contribution is -0.147. The molecule has 0 saturated heterocycles. The molecule has 2 N–H and O–H groups in total. The van der Waals surface area contributed by atoms with Crippen molar-refractivity contribution in [3.63, 3.8) is 0 Å². The van der Waals surface area contributed by atoms with E-state index in [2.05, 4.69) is 10.6 Å². The third-order valence-corrected chi connectivity index (χ3v) is 4.71. The van der Waals surface area contributed by atoms with Crippen molar-refractivity contribution in [1.29, 1.82) is 0 Å². The average molecular weight is 450 g/mol. The number of esters is 1. The van der Waals surface area contributed by atoms with Gasteiger partial charge in [0.05, 0.1) is 12.8 Å². The van der Waals surface area contributed by atoms with Crippen molar-refractivity contribution in [3.8, 4) is 5.75 Å². The van der Waals surface area contributed by atoms with E-state index in [9.17, 15) is 18.8 Å². The number of hydrogen-bond donors (Lipinski definition) is 2. The molecule has 0 aliphatic rings. The van der Waals surface area contributed by atoms with Gasteiger partial charge in [0.2, 0.25) is 0 Å². The highest BCUT2D eigenvalue weighted by Crippen LogP contribution is 2.23. The molecule has 0 unspecified atom stereocenters. The fourth-order valence-corrected chi connectivity index (χ4v) is 3.00. The number of hydrogen-bond acceptors (Lipinski definition) is 5. The van der Waals surface area contributed by atoms with E-state index in [4.69, 9.17) is 9.47 Å². The lowest BCUT2D eigenvalue weighted by Gasteiger charge is -2.10. The van der Waals surface area contributed by atoms with E-state index in [0.29, 0.717) is 28.3 Å². The van der Waals surface area contributed by atoms with E-state index >= 15 is 0 Å². The summed E-state index contributed by atoms with van der Waals surface area (Å²) in [4.78, 5) is 36.3. The Morgan fingerprint density at radius 3 is 2.30 bits per heavy atom. The zero-order valence-electron chi connectivity index (χ0n) is 18.0. The Hall–Kier alpha value is -4.20. The quantitative estimate of drug-likeness (QED) is 0.477. The number of amides is 2. The molecule has 3 aromatic rings. The number of anilines is 2. The number of halogens is 1. The number of benzene rings is 3. The van der Waals surface area contributed by atoms with Crippen molar-refractivity contribution in [2.75, 3.05) is 24.4 Å². The lowest BCUT2D eigenvalue weighted by atomic mass is 10.1. The third-order valence-electron chi connectivity index (χ3n) is 4.71. The van der Waals surface area contributed by atoms with Gasteiger partial charge in [-0.3, -0.25) is 14.4 Å². The maximum atomic E-state index is 13.6. The fourth-order valence-electron chi connectivity index (χ4n) is 3.00. The summed E-state index contributed by atoms with van der Waals surface area (Å²) in [6, 6.07) is 19.5. The summed E-state index contributed by atoms with van der Waals surface area (Å²) in [7, 11) is 1.52. The average Bonchev–Trinajstić information content (AvgIpc) is 2.83. The van der Waals surface area contributed by atoms with Crippen molar-refractivity contribution >= 4 is 29.2 Å². The van der Waals surface area contributed by atoms with Crippen LogP contribution in [-0.2, 0) is 20.7 Å². The van der Waals surface area contributed by atoms with Gasteiger partial charge in [-0.15, -0.1) is 0 Å². The summed E-state index contributed by atoms with van der Waals surface area (Å²) in [5.74, 6) is -1.31. The zero-order chi connectivity index (χ0) is 23.6. The standard InChI is InChI=1S/C25H23FN2O5/c1-32-22-9-5-4-8-21(22)28-25(31)18-10-13-19(14-11-18)27-23(29)16-33-24(30)15-12-17-6-2-3-7-20(17)26/h2-11,13-14H,12,15-16H2,1H3,(H,27,29)(H,28,31). The molecule has 7 nitrogen and oxygen atoms in total. The molecule has 0 radical (unpaired) electrons. The van der Waals surface area contributed by atoms with Gasteiger partial charge in [-0.2, -0.15) is 0 Å². The van der Waals surface area contributed by atoms with Crippen LogP contribution in [0.5, 0.6) is 5.75 Å². The molecule has 2 amide bonds. The molecule has 0 fully saturated rings. The van der Waals surface area contributed by atoms with Gasteiger partial charge >= 0.3 is 5.97 Å². The van der Waals surface area contributed by atoms with Gasteiger partial charge in [-0.25, -0.2) is 4.39 Å². The fraction of sp³-hybridized carbons (Fsp3) is 0.160. The van der Waals surface area contributed by atoms with Crippen molar-refractivity contribution in [2.45, 2.75) is 12.8 Å². The van der Waals surface area contributed by atoms with Gasteiger partial charge in [0, 0.05) is 17.7 Å². The molecule has 3 aromatic carbocycles. The maximum absolute atomic E-state index is 13.6. The van der Waals surface area contributed by atoms with E-state index in [-0.39, 0.29) is 24.6 Å². The van der Waals surface area contributed by atoms with Crippen molar-refractivity contribution < 1.29 is 28.2 Å². The van der Waals surface area contributed by atoms with E-state index < -0.39 is 18.5 Å². The SMILES string of the molecule is COc1ccccc1NC(=O)c1ccc(NC(=O)COC(=O)CCc2ccccc2F)cc1. The summed E-state index contributed by atoms with van der Waals surface area (Å²) >= 11 is 0. The normalized spacial score (nSPS) is 10.2. The highest BCUT2D eigenvalue weighted by Gasteiger charge is 2.12. The molecule has 0 aromatic heterocycles. The van der Waals surface area contributed by atoms with Gasteiger partial charge < -0.3 is 20.1 Å². The first-order valence-corrected chi connectivity index (χ1v) is 10.2. The third kappa shape index (κ3) is 6.90. The van der Waals surface area contributed by atoms with Crippen LogP contribution in [0.25, 0.3) is 0 Å². The molecule has 0 spiro atoms. The summed E-state index contributed by atoms with van der Waals surface area (Å²) in [5.41, 5.74) is 1.78. The van der Waals surface area contributed by atoms with Gasteiger partial charge in [0.25, 0.3) is 11.8 Å². The van der Waals surface area contributed by atoms with Crippen LogP contribution in [0.1, 0.15) is 22.3 Å².